The molecular formula is C35H28. The van der Waals surface area contributed by atoms with Gasteiger partial charge in [0.2, 0.25) is 0 Å². The number of hydrogen-bond donors (Lipinski definition) is 0. The molecule has 0 heteroatoms. The lowest BCUT2D eigenvalue weighted by atomic mass is 9.89. The number of hydrogen-bond acceptors (Lipinski definition) is 0. The van der Waals surface area contributed by atoms with Gasteiger partial charge in [-0.3, -0.25) is 0 Å². The minimum atomic E-state index is 0.988. The average molecular weight is 449 g/mol. The second kappa shape index (κ2) is 8.40. The van der Waals surface area contributed by atoms with E-state index in [2.05, 4.69) is 109 Å². The lowest BCUT2D eigenvalue weighted by molar-refractivity contribution is 0.927. The maximum absolute atomic E-state index is 2.42. The van der Waals surface area contributed by atoms with Gasteiger partial charge in [0.15, 0.2) is 0 Å². The number of rotatable bonds is 5. The molecule has 35 heavy (non-hydrogen) atoms. The second-order valence-electron chi connectivity index (χ2n) is 10.0. The van der Waals surface area contributed by atoms with Crippen LogP contribution >= 0.6 is 0 Å². The molecule has 0 N–H and O–H groups in total. The first-order valence-corrected chi connectivity index (χ1v) is 12.8. The molecule has 168 valence electrons. The van der Waals surface area contributed by atoms with Crippen LogP contribution in [0.5, 0.6) is 0 Å². The van der Waals surface area contributed by atoms with Crippen LogP contribution in [0.3, 0.4) is 0 Å². The maximum atomic E-state index is 2.42. The van der Waals surface area contributed by atoms with Crippen molar-refractivity contribution in [3.05, 3.63) is 154 Å². The molecule has 0 heterocycles. The minimum absolute atomic E-state index is 0.988. The van der Waals surface area contributed by atoms with Gasteiger partial charge in [0.25, 0.3) is 0 Å². The summed E-state index contributed by atoms with van der Waals surface area (Å²) < 4.78 is 0. The summed E-state index contributed by atoms with van der Waals surface area (Å²) in [4.78, 5) is 0. The van der Waals surface area contributed by atoms with Crippen LogP contribution in [0.1, 0.15) is 44.5 Å². The summed E-state index contributed by atoms with van der Waals surface area (Å²) in [6.07, 6.45) is 5.30. The molecule has 0 atom stereocenters. The van der Waals surface area contributed by atoms with Crippen LogP contribution < -0.4 is 0 Å². The van der Waals surface area contributed by atoms with Crippen LogP contribution in [0, 0.1) is 0 Å². The van der Waals surface area contributed by atoms with E-state index in [4.69, 9.17) is 0 Å². The first-order valence-electron chi connectivity index (χ1n) is 12.8. The highest BCUT2D eigenvalue weighted by Crippen LogP contribution is 2.42. The van der Waals surface area contributed by atoms with Gasteiger partial charge >= 0.3 is 0 Å². The van der Waals surface area contributed by atoms with E-state index in [1.165, 1.54) is 61.2 Å². The maximum Gasteiger partial charge on any atom is -0.00106 e. The molecule has 0 aromatic heterocycles. The average Bonchev–Trinajstić information content (AvgIpc) is 3.48. The summed E-state index contributed by atoms with van der Waals surface area (Å²) in [6, 6.07) is 40.5. The second-order valence-corrected chi connectivity index (χ2v) is 10.0. The Balaban J connectivity index is 1.23. The Labute approximate surface area is 207 Å². The summed E-state index contributed by atoms with van der Waals surface area (Å²) in [5.74, 6) is 0. The molecule has 7 rings (SSSR count). The van der Waals surface area contributed by atoms with Crippen molar-refractivity contribution in [2.24, 2.45) is 0 Å². The van der Waals surface area contributed by atoms with Gasteiger partial charge in [-0.25, -0.2) is 0 Å². The van der Waals surface area contributed by atoms with Crippen LogP contribution in [-0.4, -0.2) is 0 Å². The van der Waals surface area contributed by atoms with Gasteiger partial charge in [0, 0.05) is 0 Å². The van der Waals surface area contributed by atoms with Crippen molar-refractivity contribution in [2.75, 3.05) is 0 Å². The van der Waals surface area contributed by atoms with Crippen LogP contribution in [-0.2, 0) is 32.1 Å². The summed E-state index contributed by atoms with van der Waals surface area (Å²) in [5.41, 5.74) is 17.7. The highest BCUT2D eigenvalue weighted by molar-refractivity contribution is 5.81. The summed E-state index contributed by atoms with van der Waals surface area (Å²) in [7, 11) is 0. The van der Waals surface area contributed by atoms with Crippen molar-refractivity contribution in [1.82, 2.24) is 0 Å². The van der Waals surface area contributed by atoms with Gasteiger partial charge < -0.3 is 0 Å². The molecule has 0 radical (unpaired) electrons. The normalized spacial score (nSPS) is 12.7. The smallest absolute Gasteiger partial charge is 0.00106 e. The fourth-order valence-corrected chi connectivity index (χ4v) is 6.31. The summed E-state index contributed by atoms with van der Waals surface area (Å²) in [6.45, 7) is 0. The molecule has 0 spiro atoms. The zero-order chi connectivity index (χ0) is 23.2. The Bertz CT molecular complexity index is 1560. The molecule has 0 amide bonds. The van der Waals surface area contributed by atoms with E-state index in [1.807, 2.05) is 0 Å². The predicted molar refractivity (Wildman–Crippen MR) is 146 cm³/mol. The van der Waals surface area contributed by atoms with Gasteiger partial charge in [-0.05, 0) is 98.9 Å². The number of benzene rings is 5. The van der Waals surface area contributed by atoms with Crippen molar-refractivity contribution in [2.45, 2.75) is 32.1 Å². The number of fused-ring (bicyclic) bond motifs is 6. The van der Waals surface area contributed by atoms with Gasteiger partial charge in [0.05, 0.1) is 0 Å². The molecule has 2 aliphatic carbocycles. The number of aryl methyl sites for hydroxylation is 2. The lowest BCUT2D eigenvalue weighted by Gasteiger charge is -2.15. The van der Waals surface area contributed by atoms with Crippen LogP contribution in [0.25, 0.3) is 22.3 Å². The molecule has 0 saturated carbocycles. The molecule has 0 bridgehead atoms. The Morgan fingerprint density at radius 2 is 1.03 bits per heavy atom. The zero-order valence-corrected chi connectivity index (χ0v) is 19.9. The fraction of sp³-hybridized carbons (Fsp3) is 0.143. The molecule has 0 fully saturated rings. The highest BCUT2D eigenvalue weighted by Gasteiger charge is 2.25. The standard InChI is InChI=1S/C35H28/c1-2-9-24(10-3-1)21-29-20-19-26(34-23-28-12-5-7-15-31(28)35(29)34)18-17-25-13-8-16-32-30-14-6-4-11-27(30)22-33(25)32/h1-16,19-20H,17-18,21-23H2. The largest absolute Gasteiger partial charge is 0.0622 e. The third-order valence-electron chi connectivity index (χ3n) is 8.00. The van der Waals surface area contributed by atoms with Crippen molar-refractivity contribution in [3.63, 3.8) is 0 Å². The molecule has 5 aromatic rings. The van der Waals surface area contributed by atoms with Crippen LogP contribution in [0.2, 0.25) is 0 Å². The monoisotopic (exact) mass is 448 g/mol. The quantitative estimate of drug-likeness (QED) is 0.249. The lowest BCUT2D eigenvalue weighted by Crippen LogP contribution is -2.02. The molecule has 2 aliphatic rings. The van der Waals surface area contributed by atoms with E-state index >= 15 is 0 Å². The van der Waals surface area contributed by atoms with Crippen molar-refractivity contribution in [1.29, 1.82) is 0 Å². The van der Waals surface area contributed by atoms with Crippen LogP contribution in [0.15, 0.2) is 109 Å². The van der Waals surface area contributed by atoms with Gasteiger partial charge in [-0.15, -0.1) is 0 Å². The first kappa shape index (κ1) is 20.5. The fourth-order valence-electron chi connectivity index (χ4n) is 6.31. The van der Waals surface area contributed by atoms with E-state index in [0.29, 0.717) is 0 Å². The third kappa shape index (κ3) is 3.53. The Kier molecular flexibility index (Phi) is 4.91. The molecule has 5 aromatic carbocycles. The van der Waals surface area contributed by atoms with E-state index in [9.17, 15) is 0 Å². The van der Waals surface area contributed by atoms with Crippen molar-refractivity contribution in [3.8, 4) is 22.3 Å². The van der Waals surface area contributed by atoms with Gasteiger partial charge in [0.1, 0.15) is 0 Å². The van der Waals surface area contributed by atoms with E-state index in [1.54, 1.807) is 5.56 Å². The zero-order valence-electron chi connectivity index (χ0n) is 19.9. The van der Waals surface area contributed by atoms with E-state index < -0.39 is 0 Å². The molecular weight excluding hydrogens is 420 g/mol. The van der Waals surface area contributed by atoms with E-state index in [-0.39, 0.29) is 0 Å². The molecule has 0 nitrogen and oxygen atoms in total. The highest BCUT2D eigenvalue weighted by atomic mass is 14.3. The van der Waals surface area contributed by atoms with Gasteiger partial charge in [-0.1, -0.05) is 109 Å². The SMILES string of the molecule is c1ccc(Cc2ccc(CCc3cccc4c3Cc3ccccc3-4)c3c2-c2ccccc2C3)cc1. The Morgan fingerprint density at radius 1 is 0.429 bits per heavy atom. The van der Waals surface area contributed by atoms with Crippen molar-refractivity contribution < 1.29 is 0 Å². The Morgan fingerprint density at radius 3 is 1.86 bits per heavy atom. The molecule has 0 aliphatic heterocycles. The van der Waals surface area contributed by atoms with Crippen LogP contribution in [0.4, 0.5) is 0 Å². The third-order valence-corrected chi connectivity index (χ3v) is 8.00. The van der Waals surface area contributed by atoms with Gasteiger partial charge in [-0.2, -0.15) is 0 Å². The summed E-state index contributed by atoms with van der Waals surface area (Å²) in [5, 5.41) is 0. The topological polar surface area (TPSA) is 0 Å². The molecule has 0 saturated heterocycles. The predicted octanol–water partition coefficient (Wildman–Crippen LogP) is 8.21. The van der Waals surface area contributed by atoms with Crippen molar-refractivity contribution >= 4 is 0 Å². The molecule has 0 unspecified atom stereocenters. The minimum Gasteiger partial charge on any atom is -0.0622 e. The first-order chi connectivity index (χ1) is 17.3. The van der Waals surface area contributed by atoms with E-state index in [0.717, 1.165) is 32.1 Å². The Hall–Kier alpha value is -3.90. The summed E-state index contributed by atoms with van der Waals surface area (Å²) >= 11 is 0.